The van der Waals surface area contributed by atoms with E-state index in [0.717, 1.165) is 38.0 Å². The van der Waals surface area contributed by atoms with Crippen LogP contribution in [0.25, 0.3) is 0 Å². The summed E-state index contributed by atoms with van der Waals surface area (Å²) in [7, 11) is 0. The molecule has 1 atom stereocenters. The van der Waals surface area contributed by atoms with E-state index in [2.05, 4.69) is 11.0 Å². The number of piperidine rings is 1. The zero-order valence-corrected chi connectivity index (χ0v) is 11.8. The van der Waals surface area contributed by atoms with Gasteiger partial charge in [-0.25, -0.2) is 0 Å². The zero-order valence-electron chi connectivity index (χ0n) is 11.8. The molecule has 0 amide bonds. The van der Waals surface area contributed by atoms with E-state index in [4.69, 9.17) is 5.11 Å². The predicted molar refractivity (Wildman–Crippen MR) is 76.0 cm³/mol. The van der Waals surface area contributed by atoms with Gasteiger partial charge in [0.2, 0.25) is 0 Å². The van der Waals surface area contributed by atoms with Crippen LogP contribution in [0, 0.1) is 16.7 Å². The zero-order chi connectivity index (χ0) is 14.6. The normalized spacial score (nSPS) is 23.2. The summed E-state index contributed by atoms with van der Waals surface area (Å²) in [6, 6.07) is 10.1. The van der Waals surface area contributed by atoms with Crippen molar-refractivity contribution in [2.75, 3.05) is 13.1 Å². The highest BCUT2D eigenvalue weighted by Crippen LogP contribution is 2.29. The van der Waals surface area contributed by atoms with E-state index >= 15 is 0 Å². The summed E-state index contributed by atoms with van der Waals surface area (Å²) in [4.78, 5) is 12.9. The molecule has 0 aliphatic carbocycles. The summed E-state index contributed by atoms with van der Waals surface area (Å²) >= 11 is 0. The summed E-state index contributed by atoms with van der Waals surface area (Å²) in [6.07, 6.45) is 2.09. The maximum Gasteiger partial charge on any atom is 0.307 e. The van der Waals surface area contributed by atoms with Crippen LogP contribution in [-0.4, -0.2) is 29.1 Å². The second-order valence-electron chi connectivity index (χ2n) is 5.87. The number of hydrogen-bond acceptors (Lipinski definition) is 3. The molecule has 1 aliphatic rings. The van der Waals surface area contributed by atoms with Crippen LogP contribution in [0.1, 0.15) is 30.9 Å². The van der Waals surface area contributed by atoms with Crippen molar-refractivity contribution in [3.8, 4) is 6.07 Å². The standard InChI is InChI=1S/C16H20N2O2/c1-16(11-17)7-2-8-18(12-16)10-14-5-3-13(4-6-14)9-15(19)20/h3-6H,2,7-10,12H2,1H3,(H,19,20). The van der Waals surface area contributed by atoms with Gasteiger partial charge in [0.05, 0.1) is 17.9 Å². The minimum atomic E-state index is -0.807. The lowest BCUT2D eigenvalue weighted by molar-refractivity contribution is -0.136. The number of aliphatic carboxylic acids is 1. The van der Waals surface area contributed by atoms with Crippen LogP contribution in [0.2, 0.25) is 0 Å². The average Bonchev–Trinajstić information content (AvgIpc) is 2.41. The fraction of sp³-hybridized carbons (Fsp3) is 0.500. The lowest BCUT2D eigenvalue weighted by Crippen LogP contribution is -2.40. The van der Waals surface area contributed by atoms with Crippen molar-refractivity contribution in [3.63, 3.8) is 0 Å². The first-order chi connectivity index (χ1) is 9.50. The van der Waals surface area contributed by atoms with Crippen molar-refractivity contribution in [1.29, 1.82) is 5.26 Å². The molecule has 4 nitrogen and oxygen atoms in total. The Morgan fingerprint density at radius 2 is 2.05 bits per heavy atom. The molecule has 0 spiro atoms. The topological polar surface area (TPSA) is 64.3 Å². The number of rotatable bonds is 4. The second-order valence-corrected chi connectivity index (χ2v) is 5.87. The highest BCUT2D eigenvalue weighted by Gasteiger charge is 2.30. The first-order valence-electron chi connectivity index (χ1n) is 6.94. The molecule has 1 aromatic rings. The molecule has 2 rings (SSSR count). The quantitative estimate of drug-likeness (QED) is 0.914. The van der Waals surface area contributed by atoms with Crippen LogP contribution in [0.3, 0.4) is 0 Å². The number of benzene rings is 1. The van der Waals surface area contributed by atoms with E-state index in [1.165, 1.54) is 5.56 Å². The van der Waals surface area contributed by atoms with Crippen molar-refractivity contribution >= 4 is 5.97 Å². The molecule has 1 heterocycles. The lowest BCUT2D eigenvalue weighted by Gasteiger charge is -2.35. The van der Waals surface area contributed by atoms with Crippen molar-refractivity contribution in [2.24, 2.45) is 5.41 Å². The van der Waals surface area contributed by atoms with Crippen molar-refractivity contribution in [2.45, 2.75) is 32.7 Å². The Bertz CT molecular complexity index is 518. The van der Waals surface area contributed by atoms with Gasteiger partial charge in [-0.2, -0.15) is 5.26 Å². The molecule has 1 fully saturated rings. The van der Waals surface area contributed by atoms with E-state index < -0.39 is 5.97 Å². The Hall–Kier alpha value is -1.86. The molecule has 20 heavy (non-hydrogen) atoms. The van der Waals surface area contributed by atoms with Crippen molar-refractivity contribution in [3.05, 3.63) is 35.4 Å². The highest BCUT2D eigenvalue weighted by molar-refractivity contribution is 5.70. The molecular formula is C16H20N2O2. The number of likely N-dealkylation sites (tertiary alicyclic amines) is 1. The molecule has 1 aromatic carbocycles. The van der Waals surface area contributed by atoms with Crippen LogP contribution < -0.4 is 0 Å². The third kappa shape index (κ3) is 3.82. The lowest BCUT2D eigenvalue weighted by atomic mass is 9.83. The first kappa shape index (κ1) is 14.5. The largest absolute Gasteiger partial charge is 0.481 e. The SMILES string of the molecule is CC1(C#N)CCCN(Cc2ccc(CC(=O)O)cc2)C1. The molecule has 1 aliphatic heterocycles. The fourth-order valence-electron chi connectivity index (χ4n) is 2.77. The van der Waals surface area contributed by atoms with Gasteiger partial charge in [0.15, 0.2) is 0 Å². The smallest absolute Gasteiger partial charge is 0.307 e. The van der Waals surface area contributed by atoms with Gasteiger partial charge in [-0.05, 0) is 37.4 Å². The highest BCUT2D eigenvalue weighted by atomic mass is 16.4. The van der Waals surface area contributed by atoms with Gasteiger partial charge >= 0.3 is 5.97 Å². The molecule has 4 heteroatoms. The van der Waals surface area contributed by atoms with Gasteiger partial charge in [0.1, 0.15) is 0 Å². The Kier molecular flexibility index (Phi) is 4.41. The van der Waals surface area contributed by atoms with Crippen LogP contribution in [0.15, 0.2) is 24.3 Å². The number of carboxylic acids is 1. The van der Waals surface area contributed by atoms with Crippen LogP contribution in [0.4, 0.5) is 0 Å². The van der Waals surface area contributed by atoms with Gasteiger partial charge in [-0.1, -0.05) is 24.3 Å². The number of nitrogens with zero attached hydrogens (tertiary/aromatic N) is 2. The van der Waals surface area contributed by atoms with E-state index in [-0.39, 0.29) is 11.8 Å². The molecule has 1 saturated heterocycles. The number of hydrogen-bond donors (Lipinski definition) is 1. The van der Waals surface area contributed by atoms with Crippen LogP contribution in [0.5, 0.6) is 0 Å². The summed E-state index contributed by atoms with van der Waals surface area (Å²) in [6.45, 7) is 4.67. The summed E-state index contributed by atoms with van der Waals surface area (Å²) < 4.78 is 0. The predicted octanol–water partition coefficient (Wildman–Crippen LogP) is 2.44. The second kappa shape index (κ2) is 6.06. The molecule has 106 valence electrons. The maximum atomic E-state index is 10.6. The van der Waals surface area contributed by atoms with E-state index in [1.54, 1.807) is 0 Å². The molecule has 1 N–H and O–H groups in total. The summed E-state index contributed by atoms with van der Waals surface area (Å²) in [5, 5.41) is 18.0. The Morgan fingerprint density at radius 1 is 1.40 bits per heavy atom. The molecule has 0 radical (unpaired) electrons. The van der Waals surface area contributed by atoms with Gasteiger partial charge in [-0.3, -0.25) is 9.69 Å². The summed E-state index contributed by atoms with van der Waals surface area (Å²) in [5.74, 6) is -0.807. The van der Waals surface area contributed by atoms with E-state index in [0.29, 0.717) is 0 Å². The first-order valence-corrected chi connectivity index (χ1v) is 6.94. The number of carbonyl (C=O) groups is 1. The van der Waals surface area contributed by atoms with Gasteiger partial charge in [0, 0.05) is 13.1 Å². The van der Waals surface area contributed by atoms with Crippen LogP contribution in [-0.2, 0) is 17.8 Å². The minimum absolute atomic E-state index is 0.0660. The minimum Gasteiger partial charge on any atom is -0.481 e. The van der Waals surface area contributed by atoms with Gasteiger partial charge in [-0.15, -0.1) is 0 Å². The maximum absolute atomic E-state index is 10.6. The monoisotopic (exact) mass is 272 g/mol. The number of carboxylic acid groups (broad SMARTS) is 1. The fourth-order valence-corrected chi connectivity index (χ4v) is 2.77. The number of nitriles is 1. The van der Waals surface area contributed by atoms with Gasteiger partial charge in [0.25, 0.3) is 0 Å². The average molecular weight is 272 g/mol. The molecule has 1 unspecified atom stereocenters. The Balaban J connectivity index is 1.96. The summed E-state index contributed by atoms with van der Waals surface area (Å²) in [5.41, 5.74) is 1.75. The van der Waals surface area contributed by atoms with Crippen molar-refractivity contribution in [1.82, 2.24) is 4.90 Å². The van der Waals surface area contributed by atoms with Crippen molar-refractivity contribution < 1.29 is 9.90 Å². The molecule has 0 saturated carbocycles. The van der Waals surface area contributed by atoms with E-state index in [1.807, 2.05) is 31.2 Å². The molecular weight excluding hydrogens is 252 g/mol. The van der Waals surface area contributed by atoms with E-state index in [9.17, 15) is 10.1 Å². The molecule has 0 aromatic heterocycles. The Labute approximate surface area is 119 Å². The van der Waals surface area contributed by atoms with Crippen LogP contribution >= 0.6 is 0 Å². The third-order valence-electron chi connectivity index (χ3n) is 3.83. The molecule has 0 bridgehead atoms. The third-order valence-corrected chi connectivity index (χ3v) is 3.83. The van der Waals surface area contributed by atoms with Gasteiger partial charge < -0.3 is 5.11 Å². The Morgan fingerprint density at radius 3 is 2.65 bits per heavy atom.